The molecule has 2 N–H and O–H groups in total. The summed E-state index contributed by atoms with van der Waals surface area (Å²) in [6.45, 7) is 2.65. The molecule has 1 atom stereocenters. The lowest BCUT2D eigenvalue weighted by Crippen LogP contribution is -2.54. The average Bonchev–Trinajstić information content (AvgIpc) is 3.33. The van der Waals surface area contributed by atoms with Crippen LogP contribution in [0.5, 0.6) is 0 Å². The molecular formula is C19H27N3O4. The third-order valence-corrected chi connectivity index (χ3v) is 5.41. The molecule has 3 rings (SSSR count). The standard InChI is InChI=1S/C19H27N3O4/c1-13(23)20-17(14-4-2-3-5-14)18(24)21-16-6-9-22(10-7-16)19(25)15-8-11-26-12-15/h8,11-12,14,16-17H,2-7,9-10H2,1H3,(H,20,23)(H,21,24)/t17-/m0/s1. The average molecular weight is 361 g/mol. The molecule has 1 aromatic rings. The van der Waals surface area contributed by atoms with Gasteiger partial charge in [0.1, 0.15) is 12.3 Å². The highest BCUT2D eigenvalue weighted by atomic mass is 16.3. The predicted octanol–water partition coefficient (Wildman–Crippen LogP) is 1.70. The predicted molar refractivity (Wildman–Crippen MR) is 95.3 cm³/mol. The minimum absolute atomic E-state index is 0.0357. The number of carbonyl (C=O) groups excluding carboxylic acids is 3. The van der Waals surface area contributed by atoms with Crippen molar-refractivity contribution in [3.8, 4) is 0 Å². The Morgan fingerprint density at radius 3 is 2.42 bits per heavy atom. The molecule has 1 aromatic heterocycles. The molecule has 2 aliphatic rings. The molecule has 7 nitrogen and oxygen atoms in total. The van der Waals surface area contributed by atoms with Crippen molar-refractivity contribution in [3.63, 3.8) is 0 Å². The van der Waals surface area contributed by atoms with Gasteiger partial charge in [0.05, 0.1) is 11.8 Å². The van der Waals surface area contributed by atoms with Gasteiger partial charge in [0.15, 0.2) is 0 Å². The zero-order chi connectivity index (χ0) is 18.5. The Hall–Kier alpha value is -2.31. The molecule has 1 aliphatic carbocycles. The molecule has 26 heavy (non-hydrogen) atoms. The molecule has 1 aliphatic heterocycles. The summed E-state index contributed by atoms with van der Waals surface area (Å²) >= 11 is 0. The van der Waals surface area contributed by atoms with Gasteiger partial charge in [-0.15, -0.1) is 0 Å². The van der Waals surface area contributed by atoms with E-state index in [9.17, 15) is 14.4 Å². The fraction of sp³-hybridized carbons (Fsp3) is 0.632. The van der Waals surface area contributed by atoms with Crippen molar-refractivity contribution >= 4 is 17.7 Å². The maximum atomic E-state index is 12.7. The van der Waals surface area contributed by atoms with Gasteiger partial charge in [0, 0.05) is 26.1 Å². The Kier molecular flexibility index (Phi) is 5.96. The van der Waals surface area contributed by atoms with Crippen molar-refractivity contribution in [2.24, 2.45) is 5.92 Å². The van der Waals surface area contributed by atoms with Gasteiger partial charge < -0.3 is 20.0 Å². The van der Waals surface area contributed by atoms with E-state index in [0.717, 1.165) is 25.7 Å². The number of carbonyl (C=O) groups is 3. The lowest BCUT2D eigenvalue weighted by atomic mass is 9.96. The lowest BCUT2D eigenvalue weighted by Gasteiger charge is -2.33. The van der Waals surface area contributed by atoms with Gasteiger partial charge in [-0.25, -0.2) is 0 Å². The van der Waals surface area contributed by atoms with E-state index in [-0.39, 0.29) is 29.7 Å². The van der Waals surface area contributed by atoms with Crippen LogP contribution < -0.4 is 10.6 Å². The van der Waals surface area contributed by atoms with Crippen LogP contribution in [-0.2, 0) is 9.59 Å². The highest BCUT2D eigenvalue weighted by Crippen LogP contribution is 2.28. The topological polar surface area (TPSA) is 91.7 Å². The molecule has 0 radical (unpaired) electrons. The van der Waals surface area contributed by atoms with E-state index in [1.54, 1.807) is 11.0 Å². The van der Waals surface area contributed by atoms with Gasteiger partial charge in [-0.1, -0.05) is 12.8 Å². The highest BCUT2D eigenvalue weighted by molar-refractivity contribution is 5.94. The second-order valence-electron chi connectivity index (χ2n) is 7.31. The normalized spacial score (nSPS) is 20.0. The smallest absolute Gasteiger partial charge is 0.257 e. The van der Waals surface area contributed by atoms with Gasteiger partial charge in [-0.2, -0.15) is 0 Å². The fourth-order valence-corrected chi connectivity index (χ4v) is 3.99. The van der Waals surface area contributed by atoms with Crippen LogP contribution in [0.1, 0.15) is 55.8 Å². The molecule has 0 unspecified atom stereocenters. The van der Waals surface area contributed by atoms with Crippen molar-refractivity contribution in [3.05, 3.63) is 24.2 Å². The van der Waals surface area contributed by atoms with Gasteiger partial charge in [-0.3, -0.25) is 14.4 Å². The molecule has 1 saturated carbocycles. The molecular weight excluding hydrogens is 334 g/mol. The zero-order valence-corrected chi connectivity index (χ0v) is 15.2. The number of nitrogens with zero attached hydrogens (tertiary/aromatic N) is 1. The van der Waals surface area contributed by atoms with Crippen LogP contribution in [0.4, 0.5) is 0 Å². The van der Waals surface area contributed by atoms with Crippen LogP contribution in [0.3, 0.4) is 0 Å². The Balaban J connectivity index is 1.51. The quantitative estimate of drug-likeness (QED) is 0.835. The highest BCUT2D eigenvalue weighted by Gasteiger charge is 2.33. The zero-order valence-electron chi connectivity index (χ0n) is 15.2. The summed E-state index contributed by atoms with van der Waals surface area (Å²) in [6, 6.07) is 1.25. The molecule has 3 amide bonds. The molecule has 0 aromatic carbocycles. The van der Waals surface area contributed by atoms with Crippen molar-refractivity contribution in [1.29, 1.82) is 0 Å². The first-order chi connectivity index (χ1) is 12.5. The first-order valence-corrected chi connectivity index (χ1v) is 9.43. The SMILES string of the molecule is CC(=O)N[C@H](C(=O)NC1CCN(C(=O)c2ccoc2)CC1)C1CCCC1. The maximum Gasteiger partial charge on any atom is 0.257 e. The van der Waals surface area contributed by atoms with E-state index in [0.29, 0.717) is 31.5 Å². The monoisotopic (exact) mass is 361 g/mol. The maximum absolute atomic E-state index is 12.7. The van der Waals surface area contributed by atoms with E-state index < -0.39 is 6.04 Å². The minimum atomic E-state index is -0.444. The van der Waals surface area contributed by atoms with Crippen molar-refractivity contribution < 1.29 is 18.8 Å². The Bertz CT molecular complexity index is 629. The molecule has 0 spiro atoms. The minimum Gasteiger partial charge on any atom is -0.472 e. The number of piperidine rings is 1. The first kappa shape index (κ1) is 18.5. The van der Waals surface area contributed by atoms with E-state index >= 15 is 0 Å². The number of likely N-dealkylation sites (tertiary alicyclic amines) is 1. The number of furan rings is 1. The summed E-state index contributed by atoms with van der Waals surface area (Å²) in [4.78, 5) is 38.3. The van der Waals surface area contributed by atoms with Gasteiger partial charge in [0.25, 0.3) is 5.91 Å². The van der Waals surface area contributed by atoms with Gasteiger partial charge in [-0.05, 0) is 37.7 Å². The van der Waals surface area contributed by atoms with E-state index in [4.69, 9.17) is 4.42 Å². The fourth-order valence-electron chi connectivity index (χ4n) is 3.99. The molecule has 2 heterocycles. The van der Waals surface area contributed by atoms with Crippen LogP contribution in [-0.4, -0.2) is 47.8 Å². The summed E-state index contributed by atoms with van der Waals surface area (Å²) in [7, 11) is 0. The third kappa shape index (κ3) is 4.45. The van der Waals surface area contributed by atoms with E-state index in [1.807, 2.05) is 0 Å². The first-order valence-electron chi connectivity index (χ1n) is 9.43. The molecule has 1 saturated heterocycles. The van der Waals surface area contributed by atoms with Crippen molar-refractivity contribution in [1.82, 2.24) is 15.5 Å². The second kappa shape index (κ2) is 8.38. The van der Waals surface area contributed by atoms with Crippen molar-refractivity contribution in [2.45, 2.75) is 57.5 Å². The molecule has 0 bridgehead atoms. The summed E-state index contributed by atoms with van der Waals surface area (Å²) < 4.78 is 4.97. The van der Waals surface area contributed by atoms with Crippen LogP contribution in [0.25, 0.3) is 0 Å². The van der Waals surface area contributed by atoms with Crippen LogP contribution in [0.2, 0.25) is 0 Å². The molecule has 2 fully saturated rings. The number of hydrogen-bond donors (Lipinski definition) is 2. The summed E-state index contributed by atoms with van der Waals surface area (Å²) in [5, 5.41) is 5.92. The summed E-state index contributed by atoms with van der Waals surface area (Å²) in [5.74, 6) is -0.0726. The van der Waals surface area contributed by atoms with Crippen LogP contribution >= 0.6 is 0 Å². The Labute approximate surface area is 153 Å². The van der Waals surface area contributed by atoms with Gasteiger partial charge >= 0.3 is 0 Å². The number of rotatable bonds is 5. The molecule has 142 valence electrons. The lowest BCUT2D eigenvalue weighted by molar-refractivity contribution is -0.130. The third-order valence-electron chi connectivity index (χ3n) is 5.41. The summed E-state index contributed by atoms with van der Waals surface area (Å²) in [5.41, 5.74) is 0.555. The van der Waals surface area contributed by atoms with E-state index in [2.05, 4.69) is 10.6 Å². The number of hydrogen-bond acceptors (Lipinski definition) is 4. The van der Waals surface area contributed by atoms with Crippen molar-refractivity contribution in [2.75, 3.05) is 13.1 Å². The number of amides is 3. The summed E-state index contributed by atoms with van der Waals surface area (Å²) in [6.07, 6.45) is 8.57. The van der Waals surface area contributed by atoms with Crippen LogP contribution in [0.15, 0.2) is 23.0 Å². The van der Waals surface area contributed by atoms with Crippen LogP contribution in [0, 0.1) is 5.92 Å². The largest absolute Gasteiger partial charge is 0.472 e. The Morgan fingerprint density at radius 2 is 1.85 bits per heavy atom. The van der Waals surface area contributed by atoms with E-state index in [1.165, 1.54) is 19.5 Å². The van der Waals surface area contributed by atoms with Gasteiger partial charge in [0.2, 0.25) is 11.8 Å². The Morgan fingerprint density at radius 1 is 1.15 bits per heavy atom. The number of nitrogens with one attached hydrogen (secondary N) is 2. The second-order valence-corrected chi connectivity index (χ2v) is 7.31. The molecule has 7 heteroatoms.